The first-order valence-corrected chi connectivity index (χ1v) is 32.3. The Balaban J connectivity index is 3.42. The van der Waals surface area contributed by atoms with Gasteiger partial charge in [-0.15, -0.1) is 0 Å². The van der Waals surface area contributed by atoms with Gasteiger partial charge in [-0.05, 0) is 38.5 Å². The smallest absolute Gasteiger partial charge is 0.306 e. The Kier molecular flexibility index (Phi) is 60.1. The van der Waals surface area contributed by atoms with Crippen molar-refractivity contribution in [1.82, 2.24) is 0 Å². The second-order valence-electron chi connectivity index (χ2n) is 22.2. The van der Waals surface area contributed by atoms with E-state index < -0.39 is 12.2 Å². The van der Waals surface area contributed by atoms with Crippen LogP contribution in [0.2, 0.25) is 0 Å². The lowest BCUT2D eigenvalue weighted by Crippen LogP contribution is -2.28. The Hall–Kier alpha value is -2.28. The van der Waals surface area contributed by atoms with Crippen molar-refractivity contribution in [3.8, 4) is 0 Å². The predicted octanol–water partition coefficient (Wildman–Crippen LogP) is 16.7. The van der Waals surface area contributed by atoms with Crippen LogP contribution in [0.5, 0.6) is 0 Å². The maximum atomic E-state index is 12.2. The maximum Gasteiger partial charge on any atom is 0.306 e. The van der Waals surface area contributed by atoms with Gasteiger partial charge in [-0.3, -0.25) is 19.2 Å². The van der Waals surface area contributed by atoms with Gasteiger partial charge in [0, 0.05) is 53.1 Å². The molecule has 12 heteroatoms. The van der Waals surface area contributed by atoms with Crippen LogP contribution >= 0.6 is 0 Å². The number of carbonyl (C=O) groups is 4. The van der Waals surface area contributed by atoms with Gasteiger partial charge in [0.1, 0.15) is 13.2 Å². The van der Waals surface area contributed by atoms with Gasteiger partial charge >= 0.3 is 23.9 Å². The second kappa shape index (κ2) is 61.9. The van der Waals surface area contributed by atoms with Gasteiger partial charge in [0.15, 0.2) is 12.2 Å². The summed E-state index contributed by atoms with van der Waals surface area (Å²) in [6.45, 7) is 0.853. The van der Waals surface area contributed by atoms with Gasteiger partial charge in [0.2, 0.25) is 0 Å². The number of hydrogen-bond acceptors (Lipinski definition) is 12. The number of esters is 4. The van der Waals surface area contributed by atoms with E-state index >= 15 is 0 Å². The van der Waals surface area contributed by atoms with Crippen molar-refractivity contribution >= 4 is 23.9 Å². The monoisotopic (exact) mass is 1080 g/mol. The molecule has 12 nitrogen and oxygen atoms in total. The van der Waals surface area contributed by atoms with Crippen LogP contribution in [0.25, 0.3) is 0 Å². The fourth-order valence-corrected chi connectivity index (χ4v) is 9.89. The highest BCUT2D eigenvalue weighted by atomic mass is 16.6. The third-order valence-corrected chi connectivity index (χ3v) is 14.8. The molecule has 0 aromatic heterocycles. The summed E-state index contributed by atoms with van der Waals surface area (Å²) in [5.74, 6) is -1.23. The fourth-order valence-electron chi connectivity index (χ4n) is 9.89. The van der Waals surface area contributed by atoms with Gasteiger partial charge < -0.3 is 38.6 Å². The molecule has 0 heterocycles. The van der Waals surface area contributed by atoms with Crippen molar-refractivity contribution in [3.63, 3.8) is 0 Å². The summed E-state index contributed by atoms with van der Waals surface area (Å²) < 4.78 is 31.4. The van der Waals surface area contributed by atoms with E-state index in [0.717, 1.165) is 103 Å². The summed E-state index contributed by atoms with van der Waals surface area (Å²) in [4.78, 5) is 48.8. The number of carbonyl (C=O) groups excluding carboxylic acids is 4. The molecule has 0 aliphatic heterocycles. The van der Waals surface area contributed by atoms with E-state index in [1.54, 1.807) is 14.2 Å². The van der Waals surface area contributed by atoms with Crippen LogP contribution in [-0.2, 0) is 47.6 Å². The largest absolute Gasteiger partial charge is 0.462 e. The Morgan fingerprint density at radius 2 is 0.434 bits per heavy atom. The van der Waals surface area contributed by atoms with Crippen LogP contribution in [0.4, 0.5) is 0 Å². The lowest BCUT2D eigenvalue weighted by Gasteiger charge is -2.15. The minimum atomic E-state index is -0.786. The number of aliphatic hydroxyl groups excluding tert-OH is 2. The molecule has 0 aromatic carbocycles. The summed E-state index contributed by atoms with van der Waals surface area (Å²) in [6, 6.07) is 0. The quantitative estimate of drug-likeness (QED) is 0.0337. The molecule has 0 amide bonds. The summed E-state index contributed by atoms with van der Waals surface area (Å²) in [5.41, 5.74) is 0. The van der Waals surface area contributed by atoms with Crippen LogP contribution in [0, 0.1) is 0 Å². The zero-order valence-electron chi connectivity index (χ0n) is 49.7. The molecule has 0 fully saturated rings. The van der Waals surface area contributed by atoms with Crippen LogP contribution < -0.4 is 0 Å². The van der Waals surface area contributed by atoms with Crippen molar-refractivity contribution in [2.75, 3.05) is 53.9 Å². The van der Waals surface area contributed by atoms with Gasteiger partial charge in [-0.25, -0.2) is 0 Å². The Labute approximate surface area is 467 Å². The highest BCUT2D eigenvalue weighted by Gasteiger charge is 2.17. The van der Waals surface area contributed by atoms with E-state index in [1.165, 1.54) is 205 Å². The molecule has 0 aliphatic carbocycles. The highest BCUT2D eigenvalue weighted by molar-refractivity contribution is 5.71. The summed E-state index contributed by atoms with van der Waals surface area (Å²) in [5, 5.41) is 19.2. The first-order chi connectivity index (χ1) is 37.4. The van der Waals surface area contributed by atoms with E-state index in [2.05, 4.69) is 0 Å². The van der Waals surface area contributed by atoms with Crippen molar-refractivity contribution in [3.05, 3.63) is 0 Å². The number of aliphatic hydroxyl groups is 2. The van der Waals surface area contributed by atoms with E-state index in [1.807, 2.05) is 0 Å². The fraction of sp³-hybridized carbons (Fsp3) is 0.938. The highest BCUT2D eigenvalue weighted by Crippen LogP contribution is 2.18. The summed E-state index contributed by atoms with van der Waals surface area (Å²) in [6.07, 6.45) is 55.8. The molecule has 0 aliphatic rings. The van der Waals surface area contributed by atoms with Gasteiger partial charge in [0.05, 0.1) is 13.2 Å². The Morgan fingerprint density at radius 1 is 0.263 bits per heavy atom. The van der Waals surface area contributed by atoms with Crippen LogP contribution in [0.1, 0.15) is 321 Å². The number of ether oxygens (including phenoxy) is 6. The third-order valence-electron chi connectivity index (χ3n) is 14.8. The number of unbranched alkanes of at least 4 members (excludes halogenated alkanes) is 43. The third kappa shape index (κ3) is 57.9. The van der Waals surface area contributed by atoms with Crippen molar-refractivity contribution < 1.29 is 57.8 Å². The molecule has 0 bridgehead atoms. The molecular formula is C64H122O12. The van der Waals surface area contributed by atoms with Gasteiger partial charge in [-0.2, -0.15) is 0 Å². The van der Waals surface area contributed by atoms with Gasteiger partial charge in [-0.1, -0.05) is 257 Å². The molecule has 0 saturated carbocycles. The molecular weight excluding hydrogens is 961 g/mol. The molecule has 0 radical (unpaired) electrons. The lowest BCUT2D eigenvalue weighted by molar-refractivity contribution is -0.161. The molecule has 450 valence electrons. The standard InChI is InChI=1S/C64H122O12/c1-71-53-47-41-35-29-23-27-33-39-45-51-63(69)75-59(55-65)57-73-61(67)49-43-37-31-25-21-19-17-15-13-11-9-7-5-3-4-6-8-10-12-14-16-18-20-22-26-32-38-44-50-62(68)74-58-60(56-66)76-64(70)52-46-40-34-28-24-30-36-42-48-54-72-2/h59-60,65-66H,3-58H2,1-2H3/t59-,60-/m0/s1. The van der Waals surface area contributed by atoms with E-state index in [9.17, 15) is 29.4 Å². The van der Waals surface area contributed by atoms with Crippen molar-refractivity contribution in [1.29, 1.82) is 0 Å². The molecule has 0 aromatic rings. The van der Waals surface area contributed by atoms with E-state index in [4.69, 9.17) is 28.4 Å². The Bertz CT molecular complexity index is 1140. The van der Waals surface area contributed by atoms with Crippen molar-refractivity contribution in [2.45, 2.75) is 333 Å². The number of hydrogen-bond donors (Lipinski definition) is 2. The summed E-state index contributed by atoms with van der Waals surface area (Å²) >= 11 is 0. The number of methoxy groups -OCH3 is 2. The lowest BCUT2D eigenvalue weighted by atomic mass is 10.0. The Morgan fingerprint density at radius 3 is 0.618 bits per heavy atom. The normalized spacial score (nSPS) is 12.2. The molecule has 76 heavy (non-hydrogen) atoms. The molecule has 0 unspecified atom stereocenters. The average Bonchev–Trinajstić information content (AvgIpc) is 3.42. The number of rotatable bonds is 63. The molecule has 0 spiro atoms. The maximum absolute atomic E-state index is 12.2. The van der Waals surface area contributed by atoms with Crippen LogP contribution in [-0.4, -0.2) is 100 Å². The SMILES string of the molecule is COCCCCCCCCCCCC(=O)O[C@@H](CO)COC(=O)CCCCCCCCCCCCCCCCCCCCCCCCCCCCCCC(=O)OC[C@H](CO)OC(=O)CCCCCCCCCCCOC. The van der Waals surface area contributed by atoms with Crippen LogP contribution in [0.3, 0.4) is 0 Å². The van der Waals surface area contributed by atoms with Gasteiger partial charge in [0.25, 0.3) is 0 Å². The summed E-state index contributed by atoms with van der Waals surface area (Å²) in [7, 11) is 3.49. The minimum absolute atomic E-state index is 0.0790. The molecule has 2 atom stereocenters. The van der Waals surface area contributed by atoms with Crippen molar-refractivity contribution in [2.24, 2.45) is 0 Å². The van der Waals surface area contributed by atoms with Crippen LogP contribution in [0.15, 0.2) is 0 Å². The second-order valence-corrected chi connectivity index (χ2v) is 22.2. The minimum Gasteiger partial charge on any atom is -0.462 e. The molecule has 2 N–H and O–H groups in total. The predicted molar refractivity (Wildman–Crippen MR) is 310 cm³/mol. The topological polar surface area (TPSA) is 164 Å². The molecule has 0 rings (SSSR count). The van der Waals surface area contributed by atoms with E-state index in [0.29, 0.717) is 25.7 Å². The molecule has 0 saturated heterocycles. The van der Waals surface area contributed by atoms with E-state index in [-0.39, 0.29) is 50.3 Å². The first-order valence-electron chi connectivity index (χ1n) is 32.3. The zero-order chi connectivity index (χ0) is 55.3. The zero-order valence-corrected chi connectivity index (χ0v) is 49.7. The average molecular weight is 1080 g/mol. The first kappa shape index (κ1) is 73.7.